The minimum atomic E-state index is -0.635. The molecule has 0 saturated heterocycles. The summed E-state index contributed by atoms with van der Waals surface area (Å²) in [5, 5.41) is 5.48. The molecule has 5 aromatic rings. The molecule has 0 unspecified atom stereocenters. The summed E-state index contributed by atoms with van der Waals surface area (Å²) in [6.45, 7) is 0. The third kappa shape index (κ3) is 4.71. The Morgan fingerprint density at radius 3 is 2.57 bits per heavy atom. The molecule has 0 spiro atoms. The van der Waals surface area contributed by atoms with E-state index < -0.39 is 11.9 Å². The monoisotopic (exact) mass is 483 g/mol. The number of nitrogens with one attached hydrogen (secondary N) is 2. The Morgan fingerprint density at radius 1 is 0.971 bits per heavy atom. The summed E-state index contributed by atoms with van der Waals surface area (Å²) in [5.74, 6) is -0.712. The number of hydrazone groups is 1. The summed E-state index contributed by atoms with van der Waals surface area (Å²) in [6.07, 6.45) is 2.80. The van der Waals surface area contributed by atoms with Crippen LogP contribution in [0.1, 0.15) is 26.6 Å². The van der Waals surface area contributed by atoms with Crippen LogP contribution < -0.4 is 10.2 Å². The number of fused-ring (bicyclic) bond motifs is 1. The van der Waals surface area contributed by atoms with Crippen molar-refractivity contribution < 1.29 is 18.7 Å². The van der Waals surface area contributed by atoms with E-state index in [2.05, 4.69) is 15.5 Å². The molecule has 7 nitrogen and oxygen atoms in total. The Kier molecular flexibility index (Phi) is 6.15. The quantitative estimate of drug-likeness (QED) is 0.133. The lowest BCUT2D eigenvalue weighted by Crippen LogP contribution is -2.19. The number of hydrogen-bond donors (Lipinski definition) is 2. The van der Waals surface area contributed by atoms with Gasteiger partial charge in [0.05, 0.1) is 12.5 Å². The summed E-state index contributed by atoms with van der Waals surface area (Å²) < 4.78 is 10.5. The Hall–Kier alpha value is -4.62. The van der Waals surface area contributed by atoms with Gasteiger partial charge in [0.25, 0.3) is 5.91 Å². The number of H-pyrrole nitrogens is 1. The highest BCUT2D eigenvalue weighted by Crippen LogP contribution is 2.34. The summed E-state index contributed by atoms with van der Waals surface area (Å²) in [5.41, 5.74) is 5.77. The van der Waals surface area contributed by atoms with Gasteiger partial charge in [-0.15, -0.1) is 0 Å². The fourth-order valence-electron chi connectivity index (χ4n) is 3.68. The number of esters is 1. The molecule has 2 N–H and O–H groups in total. The molecule has 0 fully saturated rings. The van der Waals surface area contributed by atoms with E-state index in [0.29, 0.717) is 16.3 Å². The van der Waals surface area contributed by atoms with Crippen molar-refractivity contribution in [2.24, 2.45) is 5.10 Å². The zero-order valence-corrected chi connectivity index (χ0v) is 19.0. The predicted octanol–water partition coefficient (Wildman–Crippen LogP) is 6.06. The molecule has 0 aliphatic carbocycles. The molecule has 2 aromatic heterocycles. The van der Waals surface area contributed by atoms with E-state index in [9.17, 15) is 9.59 Å². The van der Waals surface area contributed by atoms with Crippen LogP contribution in [0.2, 0.25) is 5.02 Å². The molecule has 1 amide bonds. The maximum Gasteiger partial charge on any atom is 0.379 e. The van der Waals surface area contributed by atoms with Gasteiger partial charge in [0.1, 0.15) is 11.4 Å². The van der Waals surface area contributed by atoms with Crippen molar-refractivity contribution >= 4 is 40.6 Å². The van der Waals surface area contributed by atoms with E-state index in [1.807, 2.05) is 42.5 Å². The van der Waals surface area contributed by atoms with Gasteiger partial charge in [0.15, 0.2) is 0 Å². The molecule has 0 radical (unpaired) electrons. The second kappa shape index (κ2) is 9.70. The van der Waals surface area contributed by atoms with Crippen molar-refractivity contribution in [1.82, 2.24) is 10.4 Å². The summed E-state index contributed by atoms with van der Waals surface area (Å²) in [7, 11) is 0. The number of nitrogens with zero attached hydrogens (tertiary/aromatic N) is 1. The van der Waals surface area contributed by atoms with Gasteiger partial charge in [-0.25, -0.2) is 10.2 Å². The third-order valence-electron chi connectivity index (χ3n) is 5.26. The Morgan fingerprint density at radius 2 is 1.77 bits per heavy atom. The lowest BCUT2D eigenvalue weighted by molar-refractivity contribution is 0.0701. The lowest BCUT2D eigenvalue weighted by Gasteiger charge is -2.06. The van der Waals surface area contributed by atoms with Gasteiger partial charge in [-0.3, -0.25) is 4.79 Å². The highest BCUT2D eigenvalue weighted by atomic mass is 35.5. The molecule has 172 valence electrons. The molecule has 0 saturated carbocycles. The van der Waals surface area contributed by atoms with Gasteiger partial charge >= 0.3 is 5.97 Å². The number of carbonyl (C=O) groups excluding carboxylic acids is 2. The van der Waals surface area contributed by atoms with Crippen LogP contribution in [0.3, 0.4) is 0 Å². The van der Waals surface area contributed by atoms with Crippen LogP contribution in [-0.2, 0) is 0 Å². The number of ether oxygens (including phenoxy) is 1. The van der Waals surface area contributed by atoms with E-state index in [1.165, 1.54) is 18.5 Å². The molecule has 2 heterocycles. The first-order valence-electron chi connectivity index (χ1n) is 10.6. The predicted molar refractivity (Wildman–Crippen MR) is 134 cm³/mol. The van der Waals surface area contributed by atoms with Crippen LogP contribution >= 0.6 is 11.6 Å². The number of aromatic amines is 1. The number of furan rings is 1. The summed E-state index contributed by atoms with van der Waals surface area (Å²) >= 11 is 6.22. The van der Waals surface area contributed by atoms with Gasteiger partial charge < -0.3 is 14.1 Å². The fourth-order valence-corrected chi connectivity index (χ4v) is 3.85. The Bertz CT molecular complexity index is 1540. The van der Waals surface area contributed by atoms with Crippen LogP contribution in [0, 0.1) is 0 Å². The van der Waals surface area contributed by atoms with Gasteiger partial charge in [-0.1, -0.05) is 54.1 Å². The van der Waals surface area contributed by atoms with Crippen molar-refractivity contribution in [1.29, 1.82) is 0 Å². The second-order valence-corrected chi connectivity index (χ2v) is 7.97. The van der Waals surface area contributed by atoms with Gasteiger partial charge in [-0.2, -0.15) is 5.10 Å². The van der Waals surface area contributed by atoms with Crippen LogP contribution in [0.4, 0.5) is 0 Å². The molecule has 3 aromatic carbocycles. The van der Waals surface area contributed by atoms with Crippen molar-refractivity contribution in [3.63, 3.8) is 0 Å². The lowest BCUT2D eigenvalue weighted by atomic mass is 10.0. The highest BCUT2D eigenvalue weighted by molar-refractivity contribution is 6.31. The minimum absolute atomic E-state index is 0.0809. The zero-order chi connectivity index (χ0) is 24.2. The van der Waals surface area contributed by atoms with Gasteiger partial charge in [-0.05, 0) is 48.0 Å². The van der Waals surface area contributed by atoms with Crippen LogP contribution in [0.5, 0.6) is 5.75 Å². The fraction of sp³-hybridized carbons (Fsp3) is 0. The number of benzene rings is 3. The normalized spacial score (nSPS) is 11.1. The average molecular weight is 484 g/mol. The molecule has 35 heavy (non-hydrogen) atoms. The number of hydrogen-bond acceptors (Lipinski definition) is 5. The number of amides is 1. The Labute approximate surface area is 205 Å². The van der Waals surface area contributed by atoms with Crippen molar-refractivity contribution in [3.8, 4) is 16.9 Å². The van der Waals surface area contributed by atoms with E-state index in [4.69, 9.17) is 20.8 Å². The molecule has 0 atom stereocenters. The van der Waals surface area contributed by atoms with E-state index >= 15 is 0 Å². The first-order chi connectivity index (χ1) is 17.1. The number of para-hydroxylation sites is 1. The number of rotatable bonds is 6. The molecule has 5 rings (SSSR count). The maximum atomic E-state index is 13.1. The average Bonchev–Trinajstić information content (AvgIpc) is 3.54. The van der Waals surface area contributed by atoms with E-state index in [1.54, 1.807) is 36.4 Å². The number of carbonyl (C=O) groups is 2. The zero-order valence-electron chi connectivity index (χ0n) is 18.2. The minimum Gasteiger partial charge on any atom is -0.457 e. The number of halogens is 1. The summed E-state index contributed by atoms with van der Waals surface area (Å²) in [6, 6.07) is 24.9. The first kappa shape index (κ1) is 22.2. The molecule has 0 bridgehead atoms. The topological polar surface area (TPSA) is 96.7 Å². The summed E-state index contributed by atoms with van der Waals surface area (Å²) in [4.78, 5) is 28.5. The van der Waals surface area contributed by atoms with Gasteiger partial charge in [0, 0.05) is 27.1 Å². The molecular formula is C27H18ClN3O4. The highest BCUT2D eigenvalue weighted by Gasteiger charge is 2.19. The number of aromatic nitrogens is 1. The first-order valence-corrected chi connectivity index (χ1v) is 11.0. The second-order valence-electron chi connectivity index (χ2n) is 7.53. The standard InChI is InChI=1S/C27H18ClN3O4/c28-19-12-13-21-20(15-19)24(17-7-2-1-3-8-17)25(30-21)26(32)31-29-16-18-9-4-5-10-22(18)35-27(33)23-11-6-14-34-23/h1-16,30H,(H,31,32). The van der Waals surface area contributed by atoms with Crippen molar-refractivity contribution in [2.45, 2.75) is 0 Å². The van der Waals surface area contributed by atoms with Crippen LogP contribution in [-0.4, -0.2) is 23.1 Å². The molecule has 8 heteroatoms. The van der Waals surface area contributed by atoms with E-state index in [0.717, 1.165) is 22.0 Å². The van der Waals surface area contributed by atoms with E-state index in [-0.39, 0.29) is 11.5 Å². The Balaban J connectivity index is 1.40. The molecule has 0 aliphatic heterocycles. The smallest absolute Gasteiger partial charge is 0.379 e. The molecular weight excluding hydrogens is 466 g/mol. The maximum absolute atomic E-state index is 13.1. The SMILES string of the molecule is O=C(Oc1ccccc1C=NNC(=O)c1[nH]c2ccc(Cl)cc2c1-c1ccccc1)c1ccco1. The van der Waals surface area contributed by atoms with Crippen LogP contribution in [0.15, 0.2) is 101 Å². The molecule has 0 aliphatic rings. The van der Waals surface area contributed by atoms with Crippen LogP contribution in [0.25, 0.3) is 22.0 Å². The van der Waals surface area contributed by atoms with Crippen molar-refractivity contribution in [2.75, 3.05) is 0 Å². The largest absolute Gasteiger partial charge is 0.457 e. The van der Waals surface area contributed by atoms with Crippen molar-refractivity contribution in [3.05, 3.63) is 113 Å². The third-order valence-corrected chi connectivity index (χ3v) is 5.50. The van der Waals surface area contributed by atoms with Gasteiger partial charge in [0.2, 0.25) is 5.76 Å².